The molecule has 0 bridgehead atoms. The highest BCUT2D eigenvalue weighted by molar-refractivity contribution is 9.10. The second-order valence-corrected chi connectivity index (χ2v) is 6.11. The van der Waals surface area contributed by atoms with Gasteiger partial charge in [0, 0.05) is 17.8 Å². The predicted molar refractivity (Wildman–Crippen MR) is 91.2 cm³/mol. The van der Waals surface area contributed by atoms with Crippen LogP contribution in [0.4, 0.5) is 10.2 Å². The fraction of sp³-hybridized carbons (Fsp3) is 0.125. The number of aryl methyl sites for hydroxylation is 1. The summed E-state index contributed by atoms with van der Waals surface area (Å²) in [6.45, 7) is 1.76. The third kappa shape index (κ3) is 3.82. The summed E-state index contributed by atoms with van der Waals surface area (Å²) in [6.07, 6.45) is 3.06. The molecule has 3 rings (SSSR count). The Morgan fingerprint density at radius 1 is 1.36 bits per heavy atom. The molecule has 9 heteroatoms. The first-order valence-corrected chi connectivity index (χ1v) is 7.97. The average molecular weight is 407 g/mol. The highest BCUT2D eigenvalue weighted by Gasteiger charge is 2.18. The molecule has 0 aliphatic rings. The van der Waals surface area contributed by atoms with E-state index in [1.165, 1.54) is 24.4 Å². The zero-order valence-electron chi connectivity index (χ0n) is 13.0. The van der Waals surface area contributed by atoms with E-state index in [0.717, 1.165) is 5.69 Å². The summed E-state index contributed by atoms with van der Waals surface area (Å²) < 4.78 is 21.3. The van der Waals surface area contributed by atoms with Crippen LogP contribution in [0, 0.1) is 22.9 Å². The smallest absolute Gasteiger partial charge is 0.406 e. The number of aromatic nitrogens is 3. The number of hydrogen-bond donors (Lipinski definition) is 0. The molecule has 2 aromatic heterocycles. The van der Waals surface area contributed by atoms with Crippen molar-refractivity contribution < 1.29 is 14.1 Å². The van der Waals surface area contributed by atoms with Crippen molar-refractivity contribution in [2.24, 2.45) is 0 Å². The second-order valence-electron chi connectivity index (χ2n) is 5.20. The zero-order chi connectivity index (χ0) is 18.0. The molecular weight excluding hydrogens is 395 g/mol. The monoisotopic (exact) mass is 406 g/mol. The Morgan fingerprint density at radius 3 is 2.84 bits per heavy atom. The fourth-order valence-corrected chi connectivity index (χ4v) is 2.57. The van der Waals surface area contributed by atoms with Gasteiger partial charge in [0.1, 0.15) is 12.4 Å². The first-order chi connectivity index (χ1) is 11.9. The van der Waals surface area contributed by atoms with Crippen molar-refractivity contribution in [2.75, 3.05) is 0 Å². The quantitative estimate of drug-likeness (QED) is 0.472. The van der Waals surface area contributed by atoms with Gasteiger partial charge in [-0.1, -0.05) is 0 Å². The van der Waals surface area contributed by atoms with Crippen LogP contribution in [0.5, 0.6) is 5.75 Å². The lowest BCUT2D eigenvalue weighted by Gasteiger charge is -2.11. The summed E-state index contributed by atoms with van der Waals surface area (Å²) in [5.74, 6) is -0.851. The molecule has 0 saturated carbocycles. The molecule has 0 N–H and O–H groups in total. The Morgan fingerprint density at radius 2 is 2.16 bits per heavy atom. The third-order valence-electron chi connectivity index (χ3n) is 3.37. The van der Waals surface area contributed by atoms with Gasteiger partial charge >= 0.3 is 5.82 Å². The first-order valence-electron chi connectivity index (χ1n) is 7.18. The predicted octanol–water partition coefficient (Wildman–Crippen LogP) is 3.96. The molecule has 0 aliphatic heterocycles. The van der Waals surface area contributed by atoms with E-state index >= 15 is 0 Å². The number of rotatable bonds is 5. The molecule has 0 amide bonds. The Hall–Kier alpha value is -2.81. The van der Waals surface area contributed by atoms with Crippen molar-refractivity contribution in [2.45, 2.75) is 13.5 Å². The van der Waals surface area contributed by atoms with E-state index in [0.29, 0.717) is 15.7 Å². The fourth-order valence-electron chi connectivity index (χ4n) is 2.25. The highest BCUT2D eigenvalue weighted by Crippen LogP contribution is 2.29. The maximum absolute atomic E-state index is 13.7. The number of halogens is 2. The minimum atomic E-state index is -0.634. The van der Waals surface area contributed by atoms with Crippen LogP contribution in [-0.2, 0) is 6.61 Å². The van der Waals surface area contributed by atoms with E-state index in [1.54, 1.807) is 16.9 Å². The van der Waals surface area contributed by atoms with Gasteiger partial charge in [-0.3, -0.25) is 0 Å². The van der Waals surface area contributed by atoms with Gasteiger partial charge in [0.05, 0.1) is 15.9 Å². The van der Waals surface area contributed by atoms with Gasteiger partial charge in [0.2, 0.25) is 5.75 Å². The second kappa shape index (κ2) is 6.98. The van der Waals surface area contributed by atoms with E-state index < -0.39 is 16.6 Å². The summed E-state index contributed by atoms with van der Waals surface area (Å²) in [7, 11) is 0. The Labute approximate surface area is 150 Å². The van der Waals surface area contributed by atoms with Gasteiger partial charge < -0.3 is 14.9 Å². The molecule has 25 heavy (non-hydrogen) atoms. The minimum absolute atomic E-state index is 0.00812. The lowest BCUT2D eigenvalue weighted by molar-refractivity contribution is -0.390. The molecule has 0 aliphatic carbocycles. The maximum atomic E-state index is 13.7. The van der Waals surface area contributed by atoms with Crippen molar-refractivity contribution in [1.82, 2.24) is 14.8 Å². The average Bonchev–Trinajstić information content (AvgIpc) is 2.99. The molecular formula is C16H12BrFN4O3. The normalized spacial score (nSPS) is 10.7. The molecule has 3 aromatic rings. The van der Waals surface area contributed by atoms with E-state index in [2.05, 4.69) is 26.0 Å². The van der Waals surface area contributed by atoms with Gasteiger partial charge in [-0.25, -0.2) is 9.07 Å². The van der Waals surface area contributed by atoms with Gasteiger partial charge in [-0.05, 0) is 57.0 Å². The van der Waals surface area contributed by atoms with Gasteiger partial charge in [-0.15, -0.1) is 0 Å². The number of nitro groups is 1. The summed E-state index contributed by atoms with van der Waals surface area (Å²) in [5.41, 5.74) is 1.93. The molecule has 0 saturated heterocycles. The van der Waals surface area contributed by atoms with Gasteiger partial charge in [-0.2, -0.15) is 5.10 Å². The van der Waals surface area contributed by atoms with Gasteiger partial charge in [0.25, 0.3) is 0 Å². The zero-order valence-corrected chi connectivity index (χ0v) is 14.6. The largest absolute Gasteiger partial charge is 0.481 e. The van der Waals surface area contributed by atoms with Crippen molar-refractivity contribution in [1.29, 1.82) is 0 Å². The Bertz CT molecular complexity index is 945. The highest BCUT2D eigenvalue weighted by atomic mass is 79.9. The van der Waals surface area contributed by atoms with Crippen molar-refractivity contribution in [3.05, 3.63) is 74.4 Å². The molecule has 0 spiro atoms. The van der Waals surface area contributed by atoms with Crippen molar-refractivity contribution in [3.8, 4) is 11.4 Å². The Balaban J connectivity index is 1.93. The standard InChI is InChI=1S/C16H12BrFN4O3/c1-10-4-5-21(20-10)14-3-2-13(18)6-11(14)9-25-15-7-12(17)8-19-16(15)22(23)24/h2-8H,9H2,1H3. The third-order valence-corrected chi connectivity index (χ3v) is 3.80. The maximum Gasteiger partial charge on any atom is 0.406 e. The van der Waals surface area contributed by atoms with Gasteiger partial charge in [0.15, 0.2) is 6.20 Å². The molecule has 0 fully saturated rings. The van der Waals surface area contributed by atoms with Crippen molar-refractivity contribution in [3.63, 3.8) is 0 Å². The van der Waals surface area contributed by atoms with Crippen LogP contribution in [0.25, 0.3) is 5.69 Å². The van der Waals surface area contributed by atoms with Crippen LogP contribution in [-0.4, -0.2) is 19.7 Å². The molecule has 1 aromatic carbocycles. The van der Waals surface area contributed by atoms with Crippen LogP contribution in [0.2, 0.25) is 0 Å². The van der Waals surface area contributed by atoms with E-state index in [9.17, 15) is 14.5 Å². The minimum Gasteiger partial charge on any atom is -0.481 e. The van der Waals surface area contributed by atoms with Crippen LogP contribution >= 0.6 is 15.9 Å². The molecule has 2 heterocycles. The molecule has 0 unspecified atom stereocenters. The van der Waals surface area contributed by atoms with E-state index in [4.69, 9.17) is 4.74 Å². The van der Waals surface area contributed by atoms with E-state index in [1.807, 2.05) is 13.0 Å². The summed E-state index contributed by atoms with van der Waals surface area (Å²) >= 11 is 3.20. The summed E-state index contributed by atoms with van der Waals surface area (Å²) in [5, 5.41) is 15.4. The lowest BCUT2D eigenvalue weighted by Crippen LogP contribution is -2.06. The summed E-state index contributed by atoms with van der Waals surface area (Å²) in [6, 6.07) is 7.47. The number of ether oxygens (including phenoxy) is 1. The first kappa shape index (κ1) is 17.0. The number of benzene rings is 1. The lowest BCUT2D eigenvalue weighted by atomic mass is 10.2. The SMILES string of the molecule is Cc1ccn(-c2ccc(F)cc2COc2cc(Br)cnc2[N+](=O)[O-])n1. The molecule has 7 nitrogen and oxygen atoms in total. The van der Waals surface area contributed by atoms with E-state index in [-0.39, 0.29) is 12.4 Å². The number of pyridine rings is 1. The van der Waals surface area contributed by atoms with Crippen LogP contribution in [0.1, 0.15) is 11.3 Å². The molecule has 0 atom stereocenters. The topological polar surface area (TPSA) is 83.1 Å². The van der Waals surface area contributed by atoms with Crippen LogP contribution in [0.3, 0.4) is 0 Å². The molecule has 0 radical (unpaired) electrons. The summed E-state index contributed by atoms with van der Waals surface area (Å²) in [4.78, 5) is 14.2. The van der Waals surface area contributed by atoms with Crippen molar-refractivity contribution >= 4 is 21.7 Å². The van der Waals surface area contributed by atoms with Crippen LogP contribution in [0.15, 0.2) is 47.2 Å². The molecule has 128 valence electrons. The number of nitrogens with zero attached hydrogens (tertiary/aromatic N) is 4. The Kier molecular flexibility index (Phi) is 4.75. The number of hydrogen-bond acceptors (Lipinski definition) is 5. The van der Waals surface area contributed by atoms with Crippen LogP contribution < -0.4 is 4.74 Å².